The van der Waals surface area contributed by atoms with Gasteiger partial charge in [-0.2, -0.15) is 0 Å². The van der Waals surface area contributed by atoms with Crippen molar-refractivity contribution < 1.29 is 23.9 Å². The van der Waals surface area contributed by atoms with Gasteiger partial charge in [0.15, 0.2) is 0 Å². The van der Waals surface area contributed by atoms with E-state index in [4.69, 9.17) is 9.47 Å². The van der Waals surface area contributed by atoms with Crippen LogP contribution in [0.15, 0.2) is 0 Å². The molecule has 0 heterocycles. The zero-order valence-electron chi connectivity index (χ0n) is 20.6. The largest absolute Gasteiger partial charge is 0.465 e. The molecule has 0 aliphatic rings. The number of rotatable bonds is 15. The minimum absolute atomic E-state index is 0.0874. The number of ketones is 1. The van der Waals surface area contributed by atoms with Gasteiger partial charge in [0.2, 0.25) is 0 Å². The van der Waals surface area contributed by atoms with Crippen molar-refractivity contribution in [2.24, 2.45) is 16.7 Å². The Morgan fingerprint density at radius 2 is 1.17 bits per heavy atom. The first-order valence-corrected chi connectivity index (χ1v) is 11.6. The van der Waals surface area contributed by atoms with Crippen LogP contribution in [0.5, 0.6) is 0 Å². The highest BCUT2D eigenvalue weighted by Crippen LogP contribution is 2.21. The number of carbonyl (C=O) groups excluding carboxylic acids is 3. The lowest BCUT2D eigenvalue weighted by atomic mass is 9.95. The second kappa shape index (κ2) is 14.6. The van der Waals surface area contributed by atoms with Crippen LogP contribution in [-0.2, 0) is 23.9 Å². The number of hydrogen-bond donors (Lipinski definition) is 0. The van der Waals surface area contributed by atoms with Crippen LogP contribution < -0.4 is 0 Å². The summed E-state index contributed by atoms with van der Waals surface area (Å²) in [7, 11) is 0. The first-order chi connectivity index (χ1) is 13.8. The molecule has 0 amide bonds. The summed E-state index contributed by atoms with van der Waals surface area (Å²) in [4.78, 5) is 35.7. The van der Waals surface area contributed by atoms with E-state index < -0.39 is 5.92 Å². The molecule has 0 saturated heterocycles. The first-order valence-electron chi connectivity index (χ1n) is 11.6. The van der Waals surface area contributed by atoms with Crippen molar-refractivity contribution in [1.29, 1.82) is 0 Å². The molecule has 0 saturated carbocycles. The van der Waals surface area contributed by atoms with E-state index >= 15 is 0 Å². The number of carbonyl (C=O) groups is 3. The Kier molecular flexibility index (Phi) is 13.9. The molecule has 0 aromatic rings. The molecule has 1 unspecified atom stereocenters. The molecule has 5 nitrogen and oxygen atoms in total. The van der Waals surface area contributed by atoms with Gasteiger partial charge in [-0.05, 0) is 30.6 Å². The highest BCUT2D eigenvalue weighted by Gasteiger charge is 2.26. The summed E-state index contributed by atoms with van der Waals surface area (Å²) in [5.74, 6) is -0.786. The van der Waals surface area contributed by atoms with Crippen LogP contribution in [0.4, 0.5) is 0 Å². The molecule has 0 fully saturated rings. The monoisotopic (exact) mass is 426 g/mol. The third-order valence-corrected chi connectivity index (χ3v) is 4.64. The minimum Gasteiger partial charge on any atom is -0.465 e. The fourth-order valence-corrected chi connectivity index (χ4v) is 2.91. The van der Waals surface area contributed by atoms with Gasteiger partial charge < -0.3 is 14.3 Å². The van der Waals surface area contributed by atoms with Gasteiger partial charge in [-0.15, -0.1) is 0 Å². The van der Waals surface area contributed by atoms with Crippen LogP contribution in [0.3, 0.4) is 0 Å². The van der Waals surface area contributed by atoms with E-state index in [1.165, 1.54) is 0 Å². The maximum absolute atomic E-state index is 12.6. The quantitative estimate of drug-likeness (QED) is 0.228. The molecule has 0 spiro atoms. The van der Waals surface area contributed by atoms with Crippen LogP contribution in [0.25, 0.3) is 0 Å². The van der Waals surface area contributed by atoms with Gasteiger partial charge >= 0.3 is 11.9 Å². The molecular formula is C25H46O5. The molecule has 0 N–H and O–H groups in total. The van der Waals surface area contributed by atoms with Gasteiger partial charge in [0.25, 0.3) is 0 Å². The summed E-state index contributed by atoms with van der Waals surface area (Å²) >= 11 is 0. The Bertz CT molecular complexity index is 511. The maximum Gasteiger partial charge on any atom is 0.309 e. The second-order valence-corrected chi connectivity index (χ2v) is 11.0. The SMILES string of the molecule is CC(=O)CCCCCCCCCC(CC(=O)OCC(C)(C)C)C(=O)OCC(C)(C)C. The summed E-state index contributed by atoms with van der Waals surface area (Å²) in [5, 5.41) is 0. The maximum atomic E-state index is 12.6. The predicted octanol–water partition coefficient (Wildman–Crippen LogP) is 6.27. The van der Waals surface area contributed by atoms with Crippen molar-refractivity contribution >= 4 is 17.7 Å². The van der Waals surface area contributed by atoms with Crippen LogP contribution >= 0.6 is 0 Å². The highest BCUT2D eigenvalue weighted by molar-refractivity contribution is 5.80. The number of Topliss-reactive ketones (excluding diaryl/α,β-unsaturated/α-hetero) is 1. The molecule has 0 aliphatic carbocycles. The van der Waals surface area contributed by atoms with Crippen molar-refractivity contribution in [3.05, 3.63) is 0 Å². The van der Waals surface area contributed by atoms with Gasteiger partial charge in [-0.1, -0.05) is 80.1 Å². The van der Waals surface area contributed by atoms with Gasteiger partial charge in [-0.25, -0.2) is 0 Å². The van der Waals surface area contributed by atoms with E-state index in [1.54, 1.807) is 6.92 Å². The zero-order chi connectivity index (χ0) is 23.2. The molecule has 1 atom stereocenters. The predicted molar refractivity (Wildman–Crippen MR) is 121 cm³/mol. The van der Waals surface area contributed by atoms with Gasteiger partial charge in [0, 0.05) is 6.42 Å². The second-order valence-electron chi connectivity index (χ2n) is 11.0. The molecule has 5 heteroatoms. The number of esters is 2. The van der Waals surface area contributed by atoms with E-state index in [-0.39, 0.29) is 35.0 Å². The smallest absolute Gasteiger partial charge is 0.309 e. The molecule has 30 heavy (non-hydrogen) atoms. The normalized spacial score (nSPS) is 13.0. The minimum atomic E-state index is -0.435. The number of ether oxygens (including phenoxy) is 2. The summed E-state index contributed by atoms with van der Waals surface area (Å²) in [6.07, 6.45) is 8.83. The van der Waals surface area contributed by atoms with Gasteiger partial charge in [0.05, 0.1) is 25.6 Å². The van der Waals surface area contributed by atoms with E-state index in [0.29, 0.717) is 26.1 Å². The third kappa shape index (κ3) is 18.6. The van der Waals surface area contributed by atoms with E-state index in [2.05, 4.69) is 0 Å². The molecule has 0 bridgehead atoms. The van der Waals surface area contributed by atoms with Gasteiger partial charge in [0.1, 0.15) is 5.78 Å². The summed E-state index contributed by atoms with van der Waals surface area (Å²) in [5.41, 5.74) is -0.197. The molecule has 0 radical (unpaired) electrons. The molecular weight excluding hydrogens is 380 g/mol. The Labute approximate surface area is 184 Å². The summed E-state index contributed by atoms with van der Waals surface area (Å²) in [6, 6.07) is 0. The van der Waals surface area contributed by atoms with Crippen molar-refractivity contribution in [2.45, 2.75) is 113 Å². The average molecular weight is 427 g/mol. The lowest BCUT2D eigenvalue weighted by Crippen LogP contribution is -2.27. The molecule has 176 valence electrons. The molecule has 0 aromatic heterocycles. The first kappa shape index (κ1) is 28.6. The van der Waals surface area contributed by atoms with Crippen LogP contribution in [-0.4, -0.2) is 30.9 Å². The van der Waals surface area contributed by atoms with Crippen molar-refractivity contribution in [2.75, 3.05) is 13.2 Å². The Hall–Kier alpha value is -1.39. The topological polar surface area (TPSA) is 69.7 Å². The standard InChI is InChI=1S/C25H46O5/c1-20(26)15-13-11-9-8-10-12-14-16-21(23(28)30-19-25(5,6)7)17-22(27)29-18-24(2,3)4/h21H,8-19H2,1-7H3. The third-order valence-electron chi connectivity index (χ3n) is 4.64. The number of hydrogen-bond acceptors (Lipinski definition) is 5. The van der Waals surface area contributed by atoms with E-state index in [9.17, 15) is 14.4 Å². The molecule has 0 aromatic carbocycles. The van der Waals surface area contributed by atoms with E-state index in [0.717, 1.165) is 44.9 Å². The average Bonchev–Trinajstić information content (AvgIpc) is 2.60. The zero-order valence-corrected chi connectivity index (χ0v) is 20.6. The lowest BCUT2D eigenvalue weighted by Gasteiger charge is -2.22. The van der Waals surface area contributed by atoms with Crippen LogP contribution in [0, 0.1) is 16.7 Å². The molecule has 0 rings (SSSR count). The van der Waals surface area contributed by atoms with E-state index in [1.807, 2.05) is 41.5 Å². The summed E-state index contributed by atoms with van der Waals surface area (Å²) < 4.78 is 10.8. The Morgan fingerprint density at radius 3 is 1.67 bits per heavy atom. The summed E-state index contributed by atoms with van der Waals surface area (Å²) in [6.45, 7) is 14.4. The fraction of sp³-hybridized carbons (Fsp3) is 0.880. The number of unbranched alkanes of at least 4 members (excludes halogenated alkanes) is 6. The molecule has 0 aliphatic heterocycles. The van der Waals surface area contributed by atoms with Crippen molar-refractivity contribution in [1.82, 2.24) is 0 Å². The Morgan fingerprint density at radius 1 is 0.700 bits per heavy atom. The van der Waals surface area contributed by atoms with Crippen molar-refractivity contribution in [3.63, 3.8) is 0 Å². The lowest BCUT2D eigenvalue weighted by molar-refractivity contribution is -0.158. The highest BCUT2D eigenvalue weighted by atomic mass is 16.5. The van der Waals surface area contributed by atoms with Crippen molar-refractivity contribution in [3.8, 4) is 0 Å². The van der Waals surface area contributed by atoms with Gasteiger partial charge in [-0.3, -0.25) is 9.59 Å². The van der Waals surface area contributed by atoms with Crippen LogP contribution in [0.1, 0.15) is 113 Å². The fourth-order valence-electron chi connectivity index (χ4n) is 2.91. The Balaban J connectivity index is 4.36. The van der Waals surface area contributed by atoms with Crippen LogP contribution in [0.2, 0.25) is 0 Å².